The number of Topliss-reactive ketones (excluding diaryl/α,β-unsaturated/α-hetero) is 1. The normalized spacial score (nSPS) is 16.1. The van der Waals surface area contributed by atoms with Crippen LogP contribution in [0.3, 0.4) is 0 Å². The number of ether oxygens (including phenoxy) is 1. The zero-order valence-electron chi connectivity index (χ0n) is 16.9. The van der Waals surface area contributed by atoms with Crippen LogP contribution in [-0.2, 0) is 14.8 Å². The first-order valence-corrected chi connectivity index (χ1v) is 11.6. The van der Waals surface area contributed by atoms with E-state index < -0.39 is 22.1 Å². The summed E-state index contributed by atoms with van der Waals surface area (Å²) in [5.41, 5.74) is 1.48. The lowest BCUT2D eigenvalue weighted by Crippen LogP contribution is -2.35. The van der Waals surface area contributed by atoms with Gasteiger partial charge in [0.25, 0.3) is 0 Å². The highest BCUT2D eigenvalue weighted by atomic mass is 35.5. The smallest absolute Gasteiger partial charge is 0.338 e. The standard InChI is InChI=1S/C22H24ClNO5S/c1-15-6-8-17(9-7-15)21(25)16(2)29-22(26)18-10-11-19(23)20(14-18)30(27,28)24-12-4-3-5-13-24/h6-11,14,16H,3-5,12-13H2,1-2H3/t16-/m1/s1. The molecule has 160 valence electrons. The van der Waals surface area contributed by atoms with Crippen LogP contribution in [-0.4, -0.2) is 43.7 Å². The maximum Gasteiger partial charge on any atom is 0.338 e. The molecule has 1 saturated heterocycles. The van der Waals surface area contributed by atoms with Gasteiger partial charge in [-0.15, -0.1) is 0 Å². The number of nitrogens with zero attached hydrogens (tertiary/aromatic N) is 1. The fourth-order valence-electron chi connectivity index (χ4n) is 3.31. The van der Waals surface area contributed by atoms with E-state index >= 15 is 0 Å². The Morgan fingerprint density at radius 2 is 1.60 bits per heavy atom. The number of rotatable bonds is 6. The van der Waals surface area contributed by atoms with Crippen molar-refractivity contribution in [3.05, 3.63) is 64.2 Å². The molecule has 1 atom stereocenters. The van der Waals surface area contributed by atoms with E-state index in [2.05, 4.69) is 0 Å². The summed E-state index contributed by atoms with van der Waals surface area (Å²) in [7, 11) is -3.81. The van der Waals surface area contributed by atoms with Gasteiger partial charge in [0.1, 0.15) is 4.90 Å². The molecular weight excluding hydrogens is 426 g/mol. The van der Waals surface area contributed by atoms with Crippen LogP contribution < -0.4 is 0 Å². The monoisotopic (exact) mass is 449 g/mol. The summed E-state index contributed by atoms with van der Waals surface area (Å²) >= 11 is 6.14. The summed E-state index contributed by atoms with van der Waals surface area (Å²) in [6.45, 7) is 4.25. The van der Waals surface area contributed by atoms with Gasteiger partial charge in [-0.25, -0.2) is 13.2 Å². The molecule has 0 aliphatic carbocycles. The minimum absolute atomic E-state index is 0.0264. The Morgan fingerprint density at radius 3 is 2.23 bits per heavy atom. The van der Waals surface area contributed by atoms with Crippen molar-refractivity contribution in [1.29, 1.82) is 0 Å². The lowest BCUT2D eigenvalue weighted by Gasteiger charge is -2.26. The van der Waals surface area contributed by atoms with Gasteiger partial charge in [-0.3, -0.25) is 4.79 Å². The largest absolute Gasteiger partial charge is 0.451 e. The van der Waals surface area contributed by atoms with Crippen molar-refractivity contribution in [3.63, 3.8) is 0 Å². The van der Waals surface area contributed by atoms with E-state index in [0.717, 1.165) is 24.8 Å². The predicted molar refractivity (Wildman–Crippen MR) is 114 cm³/mol. The third-order valence-electron chi connectivity index (χ3n) is 5.09. The van der Waals surface area contributed by atoms with Gasteiger partial charge < -0.3 is 4.74 Å². The molecule has 8 heteroatoms. The molecule has 0 amide bonds. The minimum Gasteiger partial charge on any atom is -0.451 e. The second-order valence-corrected chi connectivity index (χ2v) is 9.70. The van der Waals surface area contributed by atoms with Gasteiger partial charge in [-0.2, -0.15) is 4.31 Å². The van der Waals surface area contributed by atoms with Crippen molar-refractivity contribution in [2.75, 3.05) is 13.1 Å². The molecule has 0 aromatic heterocycles. The summed E-state index contributed by atoms with van der Waals surface area (Å²) < 4.78 is 32.6. The van der Waals surface area contributed by atoms with Crippen LogP contribution in [0.5, 0.6) is 0 Å². The molecule has 1 fully saturated rings. The first kappa shape index (κ1) is 22.5. The van der Waals surface area contributed by atoms with E-state index in [-0.39, 0.29) is 21.3 Å². The van der Waals surface area contributed by atoms with Crippen molar-refractivity contribution in [2.24, 2.45) is 0 Å². The number of sulfonamides is 1. The molecule has 2 aromatic rings. The van der Waals surface area contributed by atoms with E-state index in [0.29, 0.717) is 18.7 Å². The number of hydrogen-bond donors (Lipinski definition) is 0. The van der Waals surface area contributed by atoms with Crippen molar-refractivity contribution >= 4 is 33.4 Å². The summed E-state index contributed by atoms with van der Waals surface area (Å²) in [6.07, 6.45) is 1.55. The van der Waals surface area contributed by atoms with Crippen molar-refractivity contribution in [3.8, 4) is 0 Å². The molecule has 0 spiro atoms. The lowest BCUT2D eigenvalue weighted by atomic mass is 10.1. The van der Waals surface area contributed by atoms with Crippen LogP contribution in [0.1, 0.15) is 52.5 Å². The second-order valence-electron chi connectivity index (χ2n) is 7.39. The molecule has 0 N–H and O–H groups in total. The first-order valence-electron chi connectivity index (χ1n) is 9.81. The number of esters is 1. The van der Waals surface area contributed by atoms with E-state index in [1.54, 1.807) is 24.3 Å². The van der Waals surface area contributed by atoms with Crippen LogP contribution in [0.2, 0.25) is 5.02 Å². The number of aryl methyl sites for hydroxylation is 1. The van der Waals surface area contributed by atoms with E-state index in [1.165, 1.54) is 29.4 Å². The number of hydrogen-bond acceptors (Lipinski definition) is 5. The topological polar surface area (TPSA) is 80.8 Å². The quantitative estimate of drug-likeness (QED) is 0.486. The number of carbonyl (C=O) groups is 2. The second kappa shape index (κ2) is 9.29. The molecule has 3 rings (SSSR count). The molecule has 1 aliphatic heterocycles. The van der Waals surface area contributed by atoms with Gasteiger partial charge in [0, 0.05) is 18.7 Å². The molecule has 0 bridgehead atoms. The van der Waals surface area contributed by atoms with Gasteiger partial charge in [-0.1, -0.05) is 47.9 Å². The molecule has 1 aliphatic rings. The average Bonchev–Trinajstić information content (AvgIpc) is 2.74. The summed E-state index contributed by atoms with van der Waals surface area (Å²) in [5.74, 6) is -1.12. The Morgan fingerprint density at radius 1 is 1.00 bits per heavy atom. The van der Waals surface area contributed by atoms with Crippen LogP contribution in [0.4, 0.5) is 0 Å². The highest BCUT2D eigenvalue weighted by Gasteiger charge is 2.29. The molecular formula is C22H24ClNO5S. The van der Waals surface area contributed by atoms with Crippen molar-refractivity contribution < 1.29 is 22.7 Å². The molecule has 30 heavy (non-hydrogen) atoms. The van der Waals surface area contributed by atoms with Gasteiger partial charge in [-0.05, 0) is 44.9 Å². The maximum atomic E-state index is 13.0. The molecule has 0 unspecified atom stereocenters. The highest BCUT2D eigenvalue weighted by Crippen LogP contribution is 2.28. The fourth-order valence-corrected chi connectivity index (χ4v) is 5.32. The number of ketones is 1. The zero-order valence-corrected chi connectivity index (χ0v) is 18.5. The Bertz CT molecular complexity index is 1040. The third-order valence-corrected chi connectivity index (χ3v) is 7.47. The van der Waals surface area contributed by atoms with Gasteiger partial charge >= 0.3 is 5.97 Å². The number of benzene rings is 2. The molecule has 0 radical (unpaired) electrons. The molecule has 0 saturated carbocycles. The minimum atomic E-state index is -3.81. The zero-order chi connectivity index (χ0) is 21.9. The van der Waals surface area contributed by atoms with Crippen LogP contribution in [0.25, 0.3) is 0 Å². The molecule has 1 heterocycles. The Balaban J connectivity index is 1.78. The SMILES string of the molecule is Cc1ccc(C(=O)[C@@H](C)OC(=O)c2ccc(Cl)c(S(=O)(=O)N3CCCCC3)c2)cc1. The van der Waals surface area contributed by atoms with E-state index in [1.807, 2.05) is 6.92 Å². The highest BCUT2D eigenvalue weighted by molar-refractivity contribution is 7.89. The third kappa shape index (κ3) is 4.91. The lowest BCUT2D eigenvalue weighted by molar-refractivity contribution is 0.0318. The van der Waals surface area contributed by atoms with E-state index in [9.17, 15) is 18.0 Å². The Labute approximate surface area is 181 Å². The summed E-state index contributed by atoms with van der Waals surface area (Å²) in [5, 5.41) is 0.0425. The summed E-state index contributed by atoms with van der Waals surface area (Å²) in [4.78, 5) is 25.0. The number of carbonyl (C=O) groups excluding carboxylic acids is 2. The average molecular weight is 450 g/mol. The fraction of sp³-hybridized carbons (Fsp3) is 0.364. The van der Waals surface area contributed by atoms with Crippen molar-refractivity contribution in [1.82, 2.24) is 4.31 Å². The number of halogens is 1. The Hall–Kier alpha value is -2.22. The van der Waals surface area contributed by atoms with Gasteiger partial charge in [0.2, 0.25) is 15.8 Å². The predicted octanol–water partition coefficient (Wildman–Crippen LogP) is 4.25. The number of piperidine rings is 1. The van der Waals surface area contributed by atoms with Crippen LogP contribution >= 0.6 is 11.6 Å². The van der Waals surface area contributed by atoms with Crippen LogP contribution in [0.15, 0.2) is 47.4 Å². The van der Waals surface area contributed by atoms with E-state index in [4.69, 9.17) is 16.3 Å². The van der Waals surface area contributed by atoms with Crippen molar-refractivity contribution in [2.45, 2.75) is 44.1 Å². The molecule has 2 aromatic carbocycles. The maximum absolute atomic E-state index is 13.0. The van der Waals surface area contributed by atoms with Crippen LogP contribution in [0, 0.1) is 6.92 Å². The van der Waals surface area contributed by atoms with Gasteiger partial charge in [0.15, 0.2) is 6.10 Å². The Kier molecular flexibility index (Phi) is 6.95. The molecule has 6 nitrogen and oxygen atoms in total. The van der Waals surface area contributed by atoms with Gasteiger partial charge in [0.05, 0.1) is 10.6 Å². The first-order chi connectivity index (χ1) is 14.2. The summed E-state index contributed by atoms with van der Waals surface area (Å²) in [6, 6.07) is 10.9.